The SMILES string of the molecule is CO[C@H]1CCC[C@@H](CC(C)C)C1. The molecule has 2 atom stereocenters. The molecule has 1 aliphatic carbocycles. The van der Waals surface area contributed by atoms with Gasteiger partial charge in [-0.3, -0.25) is 0 Å². The molecule has 0 saturated heterocycles. The lowest BCUT2D eigenvalue weighted by Crippen LogP contribution is -2.22. The normalized spacial score (nSPS) is 31.0. The Balaban J connectivity index is 2.25. The van der Waals surface area contributed by atoms with Crippen LogP contribution < -0.4 is 0 Å². The van der Waals surface area contributed by atoms with Gasteiger partial charge in [-0.2, -0.15) is 0 Å². The van der Waals surface area contributed by atoms with Gasteiger partial charge < -0.3 is 4.74 Å². The van der Waals surface area contributed by atoms with E-state index in [1.165, 1.54) is 32.1 Å². The molecular formula is C11H22O. The van der Waals surface area contributed by atoms with Crippen LogP contribution in [0.4, 0.5) is 0 Å². The van der Waals surface area contributed by atoms with E-state index in [0.29, 0.717) is 6.10 Å². The average molecular weight is 170 g/mol. The maximum atomic E-state index is 5.40. The summed E-state index contributed by atoms with van der Waals surface area (Å²) >= 11 is 0. The van der Waals surface area contributed by atoms with E-state index < -0.39 is 0 Å². The van der Waals surface area contributed by atoms with E-state index in [1.54, 1.807) is 0 Å². The quantitative estimate of drug-likeness (QED) is 0.632. The zero-order chi connectivity index (χ0) is 8.97. The summed E-state index contributed by atoms with van der Waals surface area (Å²) in [5.74, 6) is 1.79. The van der Waals surface area contributed by atoms with Crippen molar-refractivity contribution in [1.82, 2.24) is 0 Å². The standard InChI is InChI=1S/C11H22O/c1-9(2)7-10-5-4-6-11(8-10)12-3/h9-11H,4-8H2,1-3H3/t10-,11-/m0/s1. The van der Waals surface area contributed by atoms with Crippen molar-refractivity contribution >= 4 is 0 Å². The van der Waals surface area contributed by atoms with E-state index >= 15 is 0 Å². The van der Waals surface area contributed by atoms with Gasteiger partial charge in [-0.25, -0.2) is 0 Å². The average Bonchev–Trinajstić information content (AvgIpc) is 2.03. The molecule has 1 fully saturated rings. The summed E-state index contributed by atoms with van der Waals surface area (Å²) in [6.45, 7) is 4.63. The third kappa shape index (κ3) is 3.14. The Morgan fingerprint density at radius 3 is 2.67 bits per heavy atom. The van der Waals surface area contributed by atoms with Gasteiger partial charge in [0.1, 0.15) is 0 Å². The molecule has 1 nitrogen and oxygen atoms in total. The molecule has 0 aromatic rings. The zero-order valence-corrected chi connectivity index (χ0v) is 8.68. The van der Waals surface area contributed by atoms with Crippen LogP contribution in [0.15, 0.2) is 0 Å². The van der Waals surface area contributed by atoms with E-state index in [0.717, 1.165) is 11.8 Å². The Bertz CT molecular complexity index is 120. The lowest BCUT2D eigenvalue weighted by molar-refractivity contribution is 0.0465. The van der Waals surface area contributed by atoms with Crippen molar-refractivity contribution < 1.29 is 4.74 Å². The third-order valence-electron chi connectivity index (χ3n) is 2.87. The number of methoxy groups -OCH3 is 1. The van der Waals surface area contributed by atoms with Crippen molar-refractivity contribution in [2.24, 2.45) is 11.8 Å². The summed E-state index contributed by atoms with van der Waals surface area (Å²) in [5, 5.41) is 0. The zero-order valence-electron chi connectivity index (χ0n) is 8.68. The maximum Gasteiger partial charge on any atom is 0.0574 e. The third-order valence-corrected chi connectivity index (χ3v) is 2.87. The van der Waals surface area contributed by atoms with E-state index in [2.05, 4.69) is 13.8 Å². The summed E-state index contributed by atoms with van der Waals surface area (Å²) in [6, 6.07) is 0. The molecule has 0 heterocycles. The van der Waals surface area contributed by atoms with Crippen molar-refractivity contribution in [3.05, 3.63) is 0 Å². The first-order valence-corrected chi connectivity index (χ1v) is 5.25. The first-order valence-electron chi connectivity index (χ1n) is 5.25. The van der Waals surface area contributed by atoms with Gasteiger partial charge in [-0.15, -0.1) is 0 Å². The molecule has 0 spiro atoms. The highest BCUT2D eigenvalue weighted by Crippen LogP contribution is 2.30. The molecule has 0 radical (unpaired) electrons. The molecule has 1 rings (SSSR count). The Labute approximate surface area is 76.5 Å². The molecule has 0 unspecified atom stereocenters. The van der Waals surface area contributed by atoms with E-state index in [-0.39, 0.29) is 0 Å². The first-order chi connectivity index (χ1) is 5.72. The van der Waals surface area contributed by atoms with Crippen LogP contribution in [0.1, 0.15) is 46.0 Å². The summed E-state index contributed by atoms with van der Waals surface area (Å²) in [7, 11) is 1.85. The molecule has 0 aromatic carbocycles. The molecule has 1 heteroatoms. The predicted octanol–water partition coefficient (Wildman–Crippen LogP) is 3.24. The minimum absolute atomic E-state index is 0.558. The highest BCUT2D eigenvalue weighted by molar-refractivity contribution is 4.73. The first kappa shape index (κ1) is 10.0. The van der Waals surface area contributed by atoms with E-state index in [1.807, 2.05) is 7.11 Å². The Kier molecular flexibility index (Phi) is 4.07. The molecule has 1 aliphatic rings. The minimum Gasteiger partial charge on any atom is -0.381 e. The highest BCUT2D eigenvalue weighted by Gasteiger charge is 2.21. The largest absolute Gasteiger partial charge is 0.381 e. The van der Waals surface area contributed by atoms with Gasteiger partial charge in [0.05, 0.1) is 6.10 Å². The summed E-state index contributed by atoms with van der Waals surface area (Å²) in [4.78, 5) is 0. The van der Waals surface area contributed by atoms with Crippen LogP contribution in [0.25, 0.3) is 0 Å². The molecule has 12 heavy (non-hydrogen) atoms. The van der Waals surface area contributed by atoms with Crippen molar-refractivity contribution in [3.8, 4) is 0 Å². The van der Waals surface area contributed by atoms with E-state index in [4.69, 9.17) is 4.74 Å². The Morgan fingerprint density at radius 1 is 1.33 bits per heavy atom. The number of ether oxygens (including phenoxy) is 1. The number of hydrogen-bond acceptors (Lipinski definition) is 1. The minimum atomic E-state index is 0.558. The molecule has 0 bridgehead atoms. The second kappa shape index (κ2) is 4.86. The Morgan fingerprint density at radius 2 is 2.08 bits per heavy atom. The summed E-state index contributed by atoms with van der Waals surface area (Å²) < 4.78 is 5.40. The van der Waals surface area contributed by atoms with Gasteiger partial charge in [0, 0.05) is 7.11 Å². The summed E-state index contributed by atoms with van der Waals surface area (Å²) in [6.07, 6.45) is 7.33. The van der Waals surface area contributed by atoms with Gasteiger partial charge in [-0.1, -0.05) is 26.7 Å². The molecular weight excluding hydrogens is 148 g/mol. The highest BCUT2D eigenvalue weighted by atomic mass is 16.5. The van der Waals surface area contributed by atoms with Gasteiger partial charge >= 0.3 is 0 Å². The second-order valence-electron chi connectivity index (χ2n) is 4.52. The van der Waals surface area contributed by atoms with Gasteiger partial charge in [0.25, 0.3) is 0 Å². The smallest absolute Gasteiger partial charge is 0.0574 e. The Hall–Kier alpha value is -0.0400. The van der Waals surface area contributed by atoms with Crippen LogP contribution in [0, 0.1) is 11.8 Å². The lowest BCUT2D eigenvalue weighted by atomic mass is 9.82. The topological polar surface area (TPSA) is 9.23 Å². The fraction of sp³-hybridized carbons (Fsp3) is 1.00. The van der Waals surface area contributed by atoms with Crippen LogP contribution >= 0.6 is 0 Å². The lowest BCUT2D eigenvalue weighted by Gasteiger charge is -2.29. The van der Waals surface area contributed by atoms with Crippen molar-refractivity contribution in [2.75, 3.05) is 7.11 Å². The van der Waals surface area contributed by atoms with Crippen molar-refractivity contribution in [1.29, 1.82) is 0 Å². The fourth-order valence-electron chi connectivity index (χ4n) is 2.34. The van der Waals surface area contributed by atoms with E-state index in [9.17, 15) is 0 Å². The maximum absolute atomic E-state index is 5.40. The number of rotatable bonds is 3. The van der Waals surface area contributed by atoms with Crippen molar-refractivity contribution in [2.45, 2.75) is 52.1 Å². The second-order valence-corrected chi connectivity index (χ2v) is 4.52. The van der Waals surface area contributed by atoms with Crippen LogP contribution in [0.3, 0.4) is 0 Å². The van der Waals surface area contributed by atoms with Crippen LogP contribution in [0.2, 0.25) is 0 Å². The molecule has 72 valence electrons. The molecule has 0 aliphatic heterocycles. The van der Waals surface area contributed by atoms with Crippen LogP contribution in [-0.2, 0) is 4.74 Å². The van der Waals surface area contributed by atoms with Gasteiger partial charge in [-0.05, 0) is 31.1 Å². The fourth-order valence-corrected chi connectivity index (χ4v) is 2.34. The molecule has 1 saturated carbocycles. The molecule has 0 aromatic heterocycles. The van der Waals surface area contributed by atoms with Gasteiger partial charge in [0.2, 0.25) is 0 Å². The number of hydrogen-bond donors (Lipinski definition) is 0. The van der Waals surface area contributed by atoms with Gasteiger partial charge in [0.15, 0.2) is 0 Å². The van der Waals surface area contributed by atoms with Crippen molar-refractivity contribution in [3.63, 3.8) is 0 Å². The summed E-state index contributed by atoms with van der Waals surface area (Å²) in [5.41, 5.74) is 0. The van der Waals surface area contributed by atoms with Crippen LogP contribution in [0.5, 0.6) is 0 Å². The predicted molar refractivity (Wildman–Crippen MR) is 52.2 cm³/mol. The molecule has 0 N–H and O–H groups in total. The van der Waals surface area contributed by atoms with Crippen LogP contribution in [-0.4, -0.2) is 13.2 Å². The molecule has 0 amide bonds. The monoisotopic (exact) mass is 170 g/mol.